The number of benzene rings is 1. The molecule has 2 heterocycles. The third-order valence-electron chi connectivity index (χ3n) is 2.92. The van der Waals surface area contributed by atoms with Crippen LogP contribution in [0.2, 0.25) is 10.0 Å². The smallest absolute Gasteiger partial charge is 0.165 e. The van der Waals surface area contributed by atoms with E-state index in [2.05, 4.69) is 15.5 Å². The van der Waals surface area contributed by atoms with Crippen molar-refractivity contribution >= 4 is 45.7 Å². The summed E-state index contributed by atoms with van der Waals surface area (Å²) in [6, 6.07) is 11.3. The highest BCUT2D eigenvalue weighted by Crippen LogP contribution is 2.23. The highest BCUT2D eigenvalue weighted by molar-refractivity contribution is 6.35. The molecule has 0 atom stereocenters. The second-order valence-electron chi connectivity index (χ2n) is 4.44. The summed E-state index contributed by atoms with van der Waals surface area (Å²) in [5.74, 6) is 1.13. The molecule has 0 saturated carbocycles. The Morgan fingerprint density at radius 2 is 2.05 bits per heavy atom. The van der Waals surface area contributed by atoms with Crippen LogP contribution in [0.15, 0.2) is 52.1 Å². The third kappa shape index (κ3) is 3.01. The minimum absolute atomic E-state index is 0.406. The van der Waals surface area contributed by atoms with E-state index in [-0.39, 0.29) is 0 Å². The zero-order chi connectivity index (χ0) is 14.8. The first-order valence-corrected chi connectivity index (χ1v) is 6.99. The molecule has 0 amide bonds. The average molecular weight is 320 g/mol. The van der Waals surface area contributed by atoms with Crippen molar-refractivity contribution in [3.05, 3.63) is 58.4 Å². The zero-order valence-electron chi connectivity index (χ0n) is 11.1. The molecule has 6 heteroatoms. The first kappa shape index (κ1) is 13.9. The lowest BCUT2D eigenvalue weighted by Gasteiger charge is -2.03. The van der Waals surface area contributed by atoms with Gasteiger partial charge in [-0.15, -0.1) is 0 Å². The molecule has 4 nitrogen and oxygen atoms in total. The number of para-hydroxylation sites is 1. The molecule has 0 bridgehead atoms. The molecule has 0 spiro atoms. The Hall–Kier alpha value is -2.04. The number of hydrogen-bond donors (Lipinski definition) is 1. The maximum absolute atomic E-state index is 6.02. The van der Waals surface area contributed by atoms with Gasteiger partial charge in [-0.25, -0.2) is 4.98 Å². The summed E-state index contributed by atoms with van der Waals surface area (Å²) in [6.07, 6.45) is 1.50. The molecule has 0 unspecified atom stereocenters. The van der Waals surface area contributed by atoms with E-state index in [1.807, 2.05) is 37.3 Å². The van der Waals surface area contributed by atoms with Crippen LogP contribution < -0.4 is 5.43 Å². The quantitative estimate of drug-likeness (QED) is 0.547. The molecule has 1 N–H and O–H groups in total. The van der Waals surface area contributed by atoms with Gasteiger partial charge in [-0.2, -0.15) is 5.10 Å². The van der Waals surface area contributed by atoms with Gasteiger partial charge >= 0.3 is 0 Å². The molecule has 3 rings (SSSR count). The second kappa shape index (κ2) is 5.76. The van der Waals surface area contributed by atoms with Crippen molar-refractivity contribution in [1.29, 1.82) is 0 Å². The summed E-state index contributed by atoms with van der Waals surface area (Å²) in [4.78, 5) is 4.07. The predicted molar refractivity (Wildman–Crippen MR) is 86.3 cm³/mol. The average Bonchev–Trinajstić information content (AvgIpc) is 2.90. The van der Waals surface area contributed by atoms with E-state index in [4.69, 9.17) is 27.6 Å². The maximum Gasteiger partial charge on any atom is 0.165 e. The van der Waals surface area contributed by atoms with E-state index < -0.39 is 0 Å². The molecule has 0 saturated heterocycles. The monoisotopic (exact) mass is 319 g/mol. The lowest BCUT2D eigenvalue weighted by molar-refractivity contribution is 0.604. The van der Waals surface area contributed by atoms with Gasteiger partial charge < -0.3 is 4.42 Å². The number of nitrogens with one attached hydrogen (secondary N) is 1. The Labute approximate surface area is 131 Å². The number of furan rings is 1. The normalized spacial score (nSPS) is 11.9. The van der Waals surface area contributed by atoms with E-state index in [1.54, 1.807) is 6.07 Å². The van der Waals surface area contributed by atoms with Gasteiger partial charge in [0.1, 0.15) is 11.3 Å². The molecule has 0 aliphatic carbocycles. The van der Waals surface area contributed by atoms with Crippen molar-refractivity contribution in [2.24, 2.45) is 5.10 Å². The molecule has 2 aromatic heterocycles. The molecule has 106 valence electrons. The van der Waals surface area contributed by atoms with Crippen molar-refractivity contribution in [1.82, 2.24) is 4.98 Å². The number of rotatable bonds is 3. The summed E-state index contributed by atoms with van der Waals surface area (Å²) >= 11 is 11.8. The maximum atomic E-state index is 6.02. The Morgan fingerprint density at radius 3 is 2.81 bits per heavy atom. The first-order chi connectivity index (χ1) is 10.1. The number of pyridine rings is 1. The Morgan fingerprint density at radius 1 is 1.24 bits per heavy atom. The van der Waals surface area contributed by atoms with Crippen LogP contribution in [0.5, 0.6) is 0 Å². The topological polar surface area (TPSA) is 50.4 Å². The number of anilines is 1. The molecule has 0 fully saturated rings. The number of nitrogens with zero attached hydrogens (tertiary/aromatic N) is 2. The van der Waals surface area contributed by atoms with Gasteiger partial charge in [-0.3, -0.25) is 5.43 Å². The van der Waals surface area contributed by atoms with Gasteiger partial charge in [0.25, 0.3) is 0 Å². The van der Waals surface area contributed by atoms with Crippen LogP contribution in [-0.4, -0.2) is 10.7 Å². The van der Waals surface area contributed by atoms with E-state index in [0.29, 0.717) is 27.3 Å². The van der Waals surface area contributed by atoms with E-state index in [0.717, 1.165) is 11.0 Å². The van der Waals surface area contributed by atoms with Crippen LogP contribution in [0.25, 0.3) is 11.0 Å². The van der Waals surface area contributed by atoms with Crippen LogP contribution in [-0.2, 0) is 0 Å². The fraction of sp³-hybridized carbons (Fsp3) is 0.0667. The standard InChI is InChI=1S/C15H11Cl2N3O/c1-9(14-6-10-4-2-3-5-13(10)21-14)19-20-15-12(17)7-11(16)8-18-15/h2-8H,1H3,(H,18,20)/b19-9+. The number of hydrazone groups is 1. The lowest BCUT2D eigenvalue weighted by Crippen LogP contribution is -2.00. The molecule has 0 aliphatic heterocycles. The van der Waals surface area contributed by atoms with Crippen molar-refractivity contribution in [3.8, 4) is 0 Å². The van der Waals surface area contributed by atoms with Crippen LogP contribution >= 0.6 is 23.2 Å². The molecule has 1 aromatic carbocycles. The Kier molecular flexibility index (Phi) is 3.82. The molecule has 0 aliphatic rings. The molecular weight excluding hydrogens is 309 g/mol. The van der Waals surface area contributed by atoms with Gasteiger partial charge in [0.2, 0.25) is 0 Å². The molecule has 21 heavy (non-hydrogen) atoms. The summed E-state index contributed by atoms with van der Waals surface area (Å²) in [7, 11) is 0. The van der Waals surface area contributed by atoms with Crippen LogP contribution in [0, 0.1) is 0 Å². The minimum Gasteiger partial charge on any atom is -0.455 e. The number of aromatic nitrogens is 1. The summed E-state index contributed by atoms with van der Waals surface area (Å²) in [6.45, 7) is 1.84. The second-order valence-corrected chi connectivity index (χ2v) is 5.29. The summed E-state index contributed by atoms with van der Waals surface area (Å²) in [5.41, 5.74) is 4.33. The van der Waals surface area contributed by atoms with Crippen LogP contribution in [0.3, 0.4) is 0 Å². The lowest BCUT2D eigenvalue weighted by atomic mass is 10.2. The van der Waals surface area contributed by atoms with Crippen molar-refractivity contribution in [3.63, 3.8) is 0 Å². The van der Waals surface area contributed by atoms with Crippen molar-refractivity contribution < 1.29 is 4.42 Å². The van der Waals surface area contributed by atoms with Crippen LogP contribution in [0.1, 0.15) is 12.7 Å². The first-order valence-electron chi connectivity index (χ1n) is 6.24. The number of hydrogen-bond acceptors (Lipinski definition) is 4. The third-order valence-corrected chi connectivity index (χ3v) is 3.41. The van der Waals surface area contributed by atoms with E-state index in [1.165, 1.54) is 6.20 Å². The fourth-order valence-electron chi connectivity index (χ4n) is 1.85. The van der Waals surface area contributed by atoms with Gasteiger partial charge in [0.05, 0.1) is 10.0 Å². The highest BCUT2D eigenvalue weighted by atomic mass is 35.5. The summed E-state index contributed by atoms with van der Waals surface area (Å²) in [5, 5.41) is 6.15. The zero-order valence-corrected chi connectivity index (χ0v) is 12.6. The SMILES string of the molecule is C/C(=N\Nc1ncc(Cl)cc1Cl)c1cc2ccccc2o1. The van der Waals surface area contributed by atoms with Gasteiger partial charge in [0.15, 0.2) is 11.6 Å². The number of halogens is 2. The fourth-order valence-corrected chi connectivity index (χ4v) is 2.27. The van der Waals surface area contributed by atoms with Crippen molar-refractivity contribution in [2.75, 3.05) is 5.43 Å². The minimum atomic E-state index is 0.406. The number of fused-ring (bicyclic) bond motifs is 1. The molecular formula is C15H11Cl2N3O. The highest BCUT2D eigenvalue weighted by Gasteiger charge is 2.07. The molecule has 0 radical (unpaired) electrons. The van der Waals surface area contributed by atoms with E-state index in [9.17, 15) is 0 Å². The van der Waals surface area contributed by atoms with Crippen LogP contribution in [0.4, 0.5) is 5.82 Å². The summed E-state index contributed by atoms with van der Waals surface area (Å²) < 4.78 is 5.72. The van der Waals surface area contributed by atoms with Gasteiger partial charge in [-0.1, -0.05) is 41.4 Å². The molecule has 3 aromatic rings. The van der Waals surface area contributed by atoms with Gasteiger partial charge in [-0.05, 0) is 25.1 Å². The largest absolute Gasteiger partial charge is 0.455 e. The van der Waals surface area contributed by atoms with E-state index >= 15 is 0 Å². The van der Waals surface area contributed by atoms with Crippen molar-refractivity contribution in [2.45, 2.75) is 6.92 Å². The Bertz CT molecular complexity index is 794. The van der Waals surface area contributed by atoms with Gasteiger partial charge in [0, 0.05) is 11.6 Å². The Balaban J connectivity index is 1.85. The predicted octanol–water partition coefficient (Wildman–Crippen LogP) is 4.97.